The number of nitrogens with one attached hydrogen (secondary N) is 2. The molecule has 1 saturated carbocycles. The molecule has 0 spiro atoms. The van der Waals surface area contributed by atoms with Gasteiger partial charge < -0.3 is 15.7 Å². The predicted octanol–water partition coefficient (Wildman–Crippen LogP) is 1.59. The van der Waals surface area contributed by atoms with Crippen molar-refractivity contribution in [1.29, 1.82) is 0 Å². The number of rotatable bonds is 5. The molecule has 0 unspecified atom stereocenters. The van der Waals surface area contributed by atoms with Gasteiger partial charge in [-0.2, -0.15) is 0 Å². The van der Waals surface area contributed by atoms with E-state index in [0.29, 0.717) is 12.5 Å². The van der Waals surface area contributed by atoms with Crippen molar-refractivity contribution in [2.24, 2.45) is 11.3 Å². The monoisotopic (exact) mass is 242 g/mol. The Bertz CT molecular complexity index is 283. The highest BCUT2D eigenvalue weighted by atomic mass is 16.4. The van der Waals surface area contributed by atoms with Crippen LogP contribution in [0.15, 0.2) is 0 Å². The Balaban J connectivity index is 2.18. The van der Waals surface area contributed by atoms with Crippen LogP contribution >= 0.6 is 0 Å². The van der Waals surface area contributed by atoms with Crippen LogP contribution in [0.4, 0.5) is 4.79 Å². The third-order valence-corrected chi connectivity index (χ3v) is 3.30. The normalized spacial score (nSPS) is 16.8. The summed E-state index contributed by atoms with van der Waals surface area (Å²) in [5, 5.41) is 14.3. The number of carbonyl (C=O) groups excluding carboxylic acids is 1. The van der Waals surface area contributed by atoms with E-state index < -0.39 is 11.4 Å². The third kappa shape index (κ3) is 4.63. The number of hydrogen-bond donors (Lipinski definition) is 3. The Morgan fingerprint density at radius 1 is 1.24 bits per heavy atom. The van der Waals surface area contributed by atoms with Gasteiger partial charge in [0.05, 0.1) is 5.41 Å². The maximum absolute atomic E-state index is 11.5. The van der Waals surface area contributed by atoms with Gasteiger partial charge in [-0.05, 0) is 32.6 Å². The van der Waals surface area contributed by atoms with Crippen LogP contribution < -0.4 is 10.6 Å². The molecule has 5 heteroatoms. The van der Waals surface area contributed by atoms with Gasteiger partial charge in [0.25, 0.3) is 0 Å². The second-order valence-corrected chi connectivity index (χ2v) is 5.40. The smallest absolute Gasteiger partial charge is 0.314 e. The second-order valence-electron chi connectivity index (χ2n) is 5.40. The first-order valence-electron chi connectivity index (χ1n) is 6.17. The zero-order chi connectivity index (χ0) is 12.9. The van der Waals surface area contributed by atoms with E-state index in [2.05, 4.69) is 10.6 Å². The lowest BCUT2D eigenvalue weighted by molar-refractivity contribution is -0.146. The zero-order valence-corrected chi connectivity index (χ0v) is 10.6. The first-order chi connectivity index (χ1) is 7.92. The number of carbonyl (C=O) groups is 2. The minimum atomic E-state index is -0.926. The molecule has 2 amide bonds. The van der Waals surface area contributed by atoms with Crippen molar-refractivity contribution >= 4 is 12.0 Å². The van der Waals surface area contributed by atoms with E-state index in [1.807, 2.05) is 0 Å². The number of hydrogen-bond acceptors (Lipinski definition) is 2. The van der Waals surface area contributed by atoms with Crippen molar-refractivity contribution in [2.45, 2.75) is 39.5 Å². The van der Waals surface area contributed by atoms with Crippen molar-refractivity contribution < 1.29 is 14.7 Å². The van der Waals surface area contributed by atoms with Crippen LogP contribution in [0, 0.1) is 11.3 Å². The fourth-order valence-electron chi connectivity index (χ4n) is 1.89. The highest BCUT2D eigenvalue weighted by Gasteiger charge is 2.27. The molecule has 1 aliphatic carbocycles. The van der Waals surface area contributed by atoms with Crippen LogP contribution in [-0.4, -0.2) is 30.2 Å². The predicted molar refractivity (Wildman–Crippen MR) is 64.8 cm³/mol. The Kier molecular flexibility index (Phi) is 4.78. The molecule has 1 rings (SSSR count). The van der Waals surface area contributed by atoms with Gasteiger partial charge in [0.15, 0.2) is 0 Å². The van der Waals surface area contributed by atoms with Gasteiger partial charge in [-0.3, -0.25) is 4.79 Å². The molecule has 3 N–H and O–H groups in total. The van der Waals surface area contributed by atoms with Crippen LogP contribution in [0.3, 0.4) is 0 Å². The van der Waals surface area contributed by atoms with Crippen molar-refractivity contribution in [3.63, 3.8) is 0 Å². The van der Waals surface area contributed by atoms with Crippen molar-refractivity contribution in [3.05, 3.63) is 0 Å². The summed E-state index contributed by atoms with van der Waals surface area (Å²) in [6.45, 7) is 4.01. The number of carboxylic acid groups (broad SMARTS) is 1. The van der Waals surface area contributed by atoms with E-state index in [4.69, 9.17) is 5.11 Å². The summed E-state index contributed by atoms with van der Waals surface area (Å²) >= 11 is 0. The Morgan fingerprint density at radius 3 is 2.35 bits per heavy atom. The molecule has 0 aromatic rings. The summed E-state index contributed by atoms with van der Waals surface area (Å²) in [6, 6.07) is -0.272. The molecule has 0 aliphatic heterocycles. The molecule has 0 aromatic carbocycles. The molecule has 0 bridgehead atoms. The molecule has 98 valence electrons. The van der Waals surface area contributed by atoms with Gasteiger partial charge in [0.1, 0.15) is 0 Å². The highest BCUT2D eigenvalue weighted by molar-refractivity contribution is 5.77. The largest absolute Gasteiger partial charge is 0.481 e. The standard InChI is InChI=1S/C12H22N2O3/c1-12(2,10(15)16)8-14-11(17)13-7-9-5-3-4-6-9/h9H,3-8H2,1-2H3,(H,15,16)(H2,13,14,17). The lowest BCUT2D eigenvalue weighted by atomic mass is 9.94. The minimum absolute atomic E-state index is 0.138. The zero-order valence-electron chi connectivity index (χ0n) is 10.6. The quantitative estimate of drug-likeness (QED) is 0.685. The minimum Gasteiger partial charge on any atom is -0.481 e. The molecule has 0 aromatic heterocycles. The first kappa shape index (κ1) is 13.8. The third-order valence-electron chi connectivity index (χ3n) is 3.30. The average molecular weight is 242 g/mol. The molecule has 1 aliphatic rings. The highest BCUT2D eigenvalue weighted by Crippen LogP contribution is 2.23. The molecular weight excluding hydrogens is 220 g/mol. The summed E-state index contributed by atoms with van der Waals surface area (Å²) in [4.78, 5) is 22.3. The lowest BCUT2D eigenvalue weighted by Crippen LogP contribution is -2.44. The molecule has 5 nitrogen and oxygen atoms in total. The van der Waals surface area contributed by atoms with Crippen molar-refractivity contribution in [3.8, 4) is 0 Å². The second kappa shape index (κ2) is 5.89. The van der Waals surface area contributed by atoms with Gasteiger partial charge in [0, 0.05) is 13.1 Å². The van der Waals surface area contributed by atoms with Gasteiger partial charge in [-0.1, -0.05) is 12.8 Å². The maximum Gasteiger partial charge on any atom is 0.314 e. The van der Waals surface area contributed by atoms with Crippen LogP contribution in [0.2, 0.25) is 0 Å². The van der Waals surface area contributed by atoms with E-state index in [1.165, 1.54) is 25.7 Å². The molecule has 17 heavy (non-hydrogen) atoms. The fraction of sp³-hybridized carbons (Fsp3) is 0.833. The Hall–Kier alpha value is -1.26. The van der Waals surface area contributed by atoms with E-state index in [-0.39, 0.29) is 12.6 Å². The molecule has 0 heterocycles. The summed E-state index contributed by atoms with van der Waals surface area (Å²) in [5.41, 5.74) is -0.926. The van der Waals surface area contributed by atoms with Gasteiger partial charge in [-0.25, -0.2) is 4.79 Å². The lowest BCUT2D eigenvalue weighted by Gasteiger charge is -2.20. The van der Waals surface area contributed by atoms with Gasteiger partial charge in [-0.15, -0.1) is 0 Å². The van der Waals surface area contributed by atoms with E-state index >= 15 is 0 Å². The molecule has 1 fully saturated rings. The number of urea groups is 1. The number of amides is 2. The van der Waals surface area contributed by atoms with Gasteiger partial charge >= 0.3 is 12.0 Å². The summed E-state index contributed by atoms with van der Waals surface area (Å²) < 4.78 is 0. The molecule has 0 saturated heterocycles. The van der Waals surface area contributed by atoms with Crippen molar-refractivity contribution in [1.82, 2.24) is 10.6 Å². The average Bonchev–Trinajstić information content (AvgIpc) is 2.76. The van der Waals surface area contributed by atoms with Crippen LogP contribution in [-0.2, 0) is 4.79 Å². The van der Waals surface area contributed by atoms with Crippen molar-refractivity contribution in [2.75, 3.05) is 13.1 Å². The topological polar surface area (TPSA) is 78.4 Å². The maximum atomic E-state index is 11.5. The number of aliphatic carboxylic acids is 1. The van der Waals surface area contributed by atoms with Crippen LogP contribution in [0.5, 0.6) is 0 Å². The fourth-order valence-corrected chi connectivity index (χ4v) is 1.89. The number of carboxylic acids is 1. The summed E-state index contributed by atoms with van der Waals surface area (Å²) in [7, 11) is 0. The SMILES string of the molecule is CC(C)(CNC(=O)NCC1CCCC1)C(=O)O. The Labute approximate surface area is 102 Å². The van der Waals surface area contributed by atoms with Crippen LogP contribution in [0.25, 0.3) is 0 Å². The molecule has 0 radical (unpaired) electrons. The van der Waals surface area contributed by atoms with Gasteiger partial charge in [0.2, 0.25) is 0 Å². The van der Waals surface area contributed by atoms with E-state index in [0.717, 1.165) is 0 Å². The molecular formula is C12H22N2O3. The van der Waals surface area contributed by atoms with E-state index in [9.17, 15) is 9.59 Å². The molecule has 0 atom stereocenters. The summed E-state index contributed by atoms with van der Waals surface area (Å²) in [5.74, 6) is -0.318. The Morgan fingerprint density at radius 2 is 1.82 bits per heavy atom. The summed E-state index contributed by atoms with van der Waals surface area (Å²) in [6.07, 6.45) is 4.86. The van der Waals surface area contributed by atoms with Crippen LogP contribution in [0.1, 0.15) is 39.5 Å². The van der Waals surface area contributed by atoms with E-state index in [1.54, 1.807) is 13.8 Å². The first-order valence-corrected chi connectivity index (χ1v) is 6.17.